The summed E-state index contributed by atoms with van der Waals surface area (Å²) in [4.78, 5) is 16.6. The highest BCUT2D eigenvalue weighted by atomic mass is 35.5. The van der Waals surface area contributed by atoms with E-state index in [4.69, 9.17) is 16.3 Å². The lowest BCUT2D eigenvalue weighted by Gasteiger charge is -2.34. The Balaban J connectivity index is 1.38. The van der Waals surface area contributed by atoms with Gasteiger partial charge in [-0.1, -0.05) is 41.4 Å². The van der Waals surface area contributed by atoms with E-state index in [1.54, 1.807) is 0 Å². The first-order valence-electron chi connectivity index (χ1n) is 9.04. The number of amides is 1. The third-order valence-electron chi connectivity index (χ3n) is 4.71. The molecular formula is C21H25ClN2O2. The standard InChI is InChI=1S/C21H25ClN2O2/c1-17-5-7-20(8-6-17)26-16-21(25)24-13-11-23(12-14-24)10-9-18-3-2-4-19(22)15-18/h2-8,15H,9-14,16H2,1H3. The Bertz CT molecular complexity index is 725. The molecule has 2 aromatic rings. The van der Waals surface area contributed by atoms with Gasteiger partial charge in [0.1, 0.15) is 5.75 Å². The van der Waals surface area contributed by atoms with Crippen molar-refractivity contribution in [1.82, 2.24) is 9.80 Å². The van der Waals surface area contributed by atoms with Gasteiger partial charge in [0.25, 0.3) is 5.91 Å². The lowest BCUT2D eigenvalue weighted by molar-refractivity contribution is -0.135. The Morgan fingerprint density at radius 3 is 2.50 bits per heavy atom. The molecule has 1 saturated heterocycles. The summed E-state index contributed by atoms with van der Waals surface area (Å²) in [7, 11) is 0. The van der Waals surface area contributed by atoms with Gasteiger partial charge in [-0.2, -0.15) is 0 Å². The van der Waals surface area contributed by atoms with Crippen LogP contribution in [0.5, 0.6) is 5.75 Å². The van der Waals surface area contributed by atoms with Gasteiger partial charge >= 0.3 is 0 Å². The number of carbonyl (C=O) groups is 1. The van der Waals surface area contributed by atoms with Gasteiger partial charge in [0.05, 0.1) is 0 Å². The monoisotopic (exact) mass is 372 g/mol. The highest BCUT2D eigenvalue weighted by molar-refractivity contribution is 6.30. The molecule has 2 aromatic carbocycles. The number of nitrogens with zero attached hydrogens (tertiary/aromatic N) is 2. The Kier molecular flexibility index (Phi) is 6.53. The summed E-state index contributed by atoms with van der Waals surface area (Å²) in [6.07, 6.45) is 0.977. The summed E-state index contributed by atoms with van der Waals surface area (Å²) >= 11 is 6.03. The number of hydrogen-bond acceptors (Lipinski definition) is 3. The van der Waals surface area contributed by atoms with Gasteiger partial charge in [0, 0.05) is 37.7 Å². The topological polar surface area (TPSA) is 32.8 Å². The molecule has 1 fully saturated rings. The van der Waals surface area contributed by atoms with E-state index in [2.05, 4.69) is 11.0 Å². The molecule has 1 amide bonds. The van der Waals surface area contributed by atoms with Gasteiger partial charge in [0.15, 0.2) is 6.61 Å². The number of benzene rings is 2. The number of piperazine rings is 1. The average molecular weight is 373 g/mol. The van der Waals surface area contributed by atoms with E-state index in [0.717, 1.165) is 49.9 Å². The van der Waals surface area contributed by atoms with Gasteiger partial charge in [-0.25, -0.2) is 0 Å². The van der Waals surface area contributed by atoms with Crippen LogP contribution in [0.15, 0.2) is 48.5 Å². The summed E-state index contributed by atoms with van der Waals surface area (Å²) in [5, 5.41) is 0.784. The second-order valence-corrected chi connectivity index (χ2v) is 7.14. The molecule has 1 aliphatic rings. The molecule has 5 heteroatoms. The predicted octanol–water partition coefficient (Wildman–Crippen LogP) is 3.41. The van der Waals surface area contributed by atoms with E-state index in [-0.39, 0.29) is 12.5 Å². The Morgan fingerprint density at radius 1 is 1.08 bits per heavy atom. The first-order valence-corrected chi connectivity index (χ1v) is 9.42. The van der Waals surface area contributed by atoms with Crippen molar-refractivity contribution in [2.24, 2.45) is 0 Å². The molecule has 3 rings (SSSR count). The van der Waals surface area contributed by atoms with Crippen LogP contribution in [0, 0.1) is 6.92 Å². The molecule has 0 atom stereocenters. The highest BCUT2D eigenvalue weighted by Crippen LogP contribution is 2.13. The maximum absolute atomic E-state index is 12.3. The summed E-state index contributed by atoms with van der Waals surface area (Å²) in [5.74, 6) is 0.796. The predicted molar refractivity (Wildman–Crippen MR) is 105 cm³/mol. The Hall–Kier alpha value is -2.04. The summed E-state index contributed by atoms with van der Waals surface area (Å²) in [6, 6.07) is 15.8. The summed E-state index contributed by atoms with van der Waals surface area (Å²) in [5.41, 5.74) is 2.43. The van der Waals surface area contributed by atoms with Crippen molar-refractivity contribution in [3.8, 4) is 5.75 Å². The van der Waals surface area contributed by atoms with Crippen LogP contribution in [-0.4, -0.2) is 55.0 Å². The molecule has 0 unspecified atom stereocenters. The molecule has 4 nitrogen and oxygen atoms in total. The summed E-state index contributed by atoms with van der Waals surface area (Å²) in [6.45, 7) is 6.43. The minimum Gasteiger partial charge on any atom is -0.484 e. The minimum absolute atomic E-state index is 0.0556. The molecule has 26 heavy (non-hydrogen) atoms. The third-order valence-corrected chi connectivity index (χ3v) is 4.95. The van der Waals surface area contributed by atoms with E-state index in [1.807, 2.05) is 54.3 Å². The van der Waals surface area contributed by atoms with E-state index in [0.29, 0.717) is 0 Å². The number of halogens is 1. The molecule has 0 radical (unpaired) electrons. The quantitative estimate of drug-likeness (QED) is 0.779. The molecule has 0 spiro atoms. The SMILES string of the molecule is Cc1ccc(OCC(=O)N2CCN(CCc3cccc(Cl)c3)CC2)cc1. The normalized spacial score (nSPS) is 15.1. The second-order valence-electron chi connectivity index (χ2n) is 6.70. The zero-order valence-corrected chi connectivity index (χ0v) is 15.9. The fourth-order valence-electron chi connectivity index (χ4n) is 3.07. The highest BCUT2D eigenvalue weighted by Gasteiger charge is 2.21. The largest absolute Gasteiger partial charge is 0.484 e. The smallest absolute Gasteiger partial charge is 0.260 e. The van der Waals surface area contributed by atoms with Crippen LogP contribution in [0.1, 0.15) is 11.1 Å². The number of carbonyl (C=O) groups excluding carboxylic acids is 1. The molecule has 138 valence electrons. The Labute approximate surface area is 160 Å². The van der Waals surface area contributed by atoms with Crippen molar-refractivity contribution in [3.63, 3.8) is 0 Å². The lowest BCUT2D eigenvalue weighted by atomic mass is 10.1. The summed E-state index contributed by atoms with van der Waals surface area (Å²) < 4.78 is 5.60. The Morgan fingerprint density at radius 2 is 1.81 bits per heavy atom. The maximum atomic E-state index is 12.3. The van der Waals surface area contributed by atoms with Crippen molar-refractivity contribution >= 4 is 17.5 Å². The number of aryl methyl sites for hydroxylation is 1. The van der Waals surface area contributed by atoms with Crippen LogP contribution in [0.3, 0.4) is 0 Å². The van der Waals surface area contributed by atoms with Crippen LogP contribution < -0.4 is 4.74 Å². The molecule has 0 aromatic heterocycles. The molecule has 0 bridgehead atoms. The fourth-order valence-corrected chi connectivity index (χ4v) is 3.28. The van der Waals surface area contributed by atoms with Crippen LogP contribution >= 0.6 is 11.6 Å². The first kappa shape index (κ1) is 18.7. The zero-order chi connectivity index (χ0) is 18.4. The van der Waals surface area contributed by atoms with Crippen molar-refractivity contribution in [3.05, 3.63) is 64.7 Å². The first-order chi connectivity index (χ1) is 12.6. The average Bonchev–Trinajstić information content (AvgIpc) is 2.66. The number of rotatable bonds is 6. The van der Waals surface area contributed by atoms with Gasteiger partial charge < -0.3 is 9.64 Å². The second kappa shape index (κ2) is 9.06. The van der Waals surface area contributed by atoms with Crippen LogP contribution in [0.25, 0.3) is 0 Å². The minimum atomic E-state index is 0.0556. The van der Waals surface area contributed by atoms with Crippen LogP contribution in [0.2, 0.25) is 5.02 Å². The number of hydrogen-bond donors (Lipinski definition) is 0. The van der Waals surface area contributed by atoms with E-state index in [1.165, 1.54) is 11.1 Å². The molecule has 0 saturated carbocycles. The molecular weight excluding hydrogens is 348 g/mol. The van der Waals surface area contributed by atoms with Crippen molar-refractivity contribution in [2.45, 2.75) is 13.3 Å². The molecule has 1 heterocycles. The zero-order valence-electron chi connectivity index (χ0n) is 15.2. The van der Waals surface area contributed by atoms with E-state index >= 15 is 0 Å². The molecule has 1 aliphatic heterocycles. The van der Waals surface area contributed by atoms with Crippen LogP contribution in [-0.2, 0) is 11.2 Å². The van der Waals surface area contributed by atoms with Crippen molar-refractivity contribution in [1.29, 1.82) is 0 Å². The van der Waals surface area contributed by atoms with Gasteiger partial charge in [-0.3, -0.25) is 9.69 Å². The van der Waals surface area contributed by atoms with Crippen LogP contribution in [0.4, 0.5) is 0 Å². The van der Waals surface area contributed by atoms with Crippen molar-refractivity contribution < 1.29 is 9.53 Å². The maximum Gasteiger partial charge on any atom is 0.260 e. The third kappa shape index (κ3) is 5.48. The molecule has 0 aliphatic carbocycles. The van der Waals surface area contributed by atoms with Gasteiger partial charge in [-0.05, 0) is 43.2 Å². The fraction of sp³-hybridized carbons (Fsp3) is 0.381. The van der Waals surface area contributed by atoms with E-state index in [9.17, 15) is 4.79 Å². The lowest BCUT2D eigenvalue weighted by Crippen LogP contribution is -2.50. The van der Waals surface area contributed by atoms with E-state index < -0.39 is 0 Å². The van der Waals surface area contributed by atoms with Gasteiger partial charge in [-0.15, -0.1) is 0 Å². The van der Waals surface area contributed by atoms with Gasteiger partial charge in [0.2, 0.25) is 0 Å². The number of ether oxygens (including phenoxy) is 1. The molecule has 0 N–H and O–H groups in total. The van der Waals surface area contributed by atoms with Crippen molar-refractivity contribution in [2.75, 3.05) is 39.3 Å².